The number of benzene rings is 2. The molecule has 0 spiro atoms. The predicted molar refractivity (Wildman–Crippen MR) is 112 cm³/mol. The number of nitro groups is 1. The van der Waals surface area contributed by atoms with Crippen molar-refractivity contribution in [3.8, 4) is 11.8 Å². The number of hydrogen-bond acceptors (Lipinski definition) is 6. The van der Waals surface area contributed by atoms with Crippen LogP contribution in [0, 0.1) is 28.4 Å². The minimum absolute atomic E-state index is 0.128. The molecule has 1 amide bonds. The Bertz CT molecular complexity index is 1040. The van der Waals surface area contributed by atoms with Gasteiger partial charge in [0.15, 0.2) is 0 Å². The molecule has 0 aliphatic rings. The maximum absolute atomic E-state index is 12.6. The summed E-state index contributed by atoms with van der Waals surface area (Å²) >= 11 is 6.06. The lowest BCUT2D eigenvalue weighted by atomic mass is 10.1. The molecule has 0 saturated carbocycles. The van der Waals surface area contributed by atoms with E-state index in [9.17, 15) is 20.2 Å². The first-order chi connectivity index (χ1) is 13.7. The molecule has 8 nitrogen and oxygen atoms in total. The summed E-state index contributed by atoms with van der Waals surface area (Å²) in [6.07, 6.45) is 1.29. The Morgan fingerprint density at radius 1 is 1.34 bits per heavy atom. The molecular formula is C20H19ClN4O4. The fourth-order valence-corrected chi connectivity index (χ4v) is 2.74. The summed E-state index contributed by atoms with van der Waals surface area (Å²) < 4.78 is 5.21. The number of nitrogens with zero attached hydrogens (tertiary/aromatic N) is 3. The van der Waals surface area contributed by atoms with Gasteiger partial charge in [-0.2, -0.15) is 5.26 Å². The van der Waals surface area contributed by atoms with E-state index in [-0.39, 0.29) is 11.3 Å². The Labute approximate surface area is 173 Å². The van der Waals surface area contributed by atoms with Gasteiger partial charge in [0.1, 0.15) is 23.1 Å². The van der Waals surface area contributed by atoms with Gasteiger partial charge in [0, 0.05) is 31.3 Å². The molecule has 0 saturated heterocycles. The molecular weight excluding hydrogens is 396 g/mol. The van der Waals surface area contributed by atoms with Gasteiger partial charge in [0.2, 0.25) is 0 Å². The van der Waals surface area contributed by atoms with E-state index < -0.39 is 10.8 Å². The van der Waals surface area contributed by atoms with Crippen molar-refractivity contribution in [3.63, 3.8) is 0 Å². The molecule has 9 heteroatoms. The minimum atomic E-state index is -0.674. The number of anilines is 2. The van der Waals surface area contributed by atoms with Gasteiger partial charge in [-0.25, -0.2) is 0 Å². The van der Waals surface area contributed by atoms with Crippen molar-refractivity contribution < 1.29 is 14.5 Å². The van der Waals surface area contributed by atoms with Crippen molar-refractivity contribution in [2.24, 2.45) is 0 Å². The summed E-state index contributed by atoms with van der Waals surface area (Å²) in [5, 5.41) is 23.8. The van der Waals surface area contributed by atoms with E-state index in [1.165, 1.54) is 19.3 Å². The van der Waals surface area contributed by atoms with E-state index in [0.717, 1.165) is 5.56 Å². The fraction of sp³-hybridized carbons (Fsp3) is 0.200. The number of aryl methyl sites for hydroxylation is 1. The third-order valence-electron chi connectivity index (χ3n) is 4.08. The Hall–Kier alpha value is -3.57. The highest BCUT2D eigenvalue weighted by Gasteiger charge is 2.18. The second kappa shape index (κ2) is 9.08. The summed E-state index contributed by atoms with van der Waals surface area (Å²) in [5.74, 6) is -0.330. The zero-order chi connectivity index (χ0) is 21.7. The van der Waals surface area contributed by atoms with Gasteiger partial charge in [0.05, 0.1) is 17.7 Å². The van der Waals surface area contributed by atoms with E-state index in [2.05, 4.69) is 5.32 Å². The lowest BCUT2D eigenvalue weighted by Gasteiger charge is -2.13. The van der Waals surface area contributed by atoms with E-state index >= 15 is 0 Å². The van der Waals surface area contributed by atoms with Crippen LogP contribution in [0.25, 0.3) is 6.08 Å². The number of carbonyl (C=O) groups is 1. The molecule has 1 N–H and O–H groups in total. The molecule has 0 unspecified atom stereocenters. The minimum Gasteiger partial charge on any atom is -0.495 e. The lowest BCUT2D eigenvalue weighted by Crippen LogP contribution is -2.14. The third-order valence-corrected chi connectivity index (χ3v) is 4.49. The van der Waals surface area contributed by atoms with E-state index in [4.69, 9.17) is 16.3 Å². The highest BCUT2D eigenvalue weighted by Crippen LogP contribution is 2.32. The predicted octanol–water partition coefficient (Wildman–Crippen LogP) is 4.18. The molecule has 0 aromatic heterocycles. The van der Waals surface area contributed by atoms with Crippen LogP contribution in [0.15, 0.2) is 35.9 Å². The Kier molecular flexibility index (Phi) is 6.80. The number of rotatable bonds is 6. The zero-order valence-corrected chi connectivity index (χ0v) is 17.1. The van der Waals surface area contributed by atoms with Gasteiger partial charge < -0.3 is 15.0 Å². The summed E-state index contributed by atoms with van der Waals surface area (Å²) in [5.41, 5.74) is 1.50. The van der Waals surface area contributed by atoms with E-state index in [1.54, 1.807) is 50.2 Å². The molecule has 0 aliphatic heterocycles. The molecule has 2 rings (SSSR count). The first kappa shape index (κ1) is 21.7. The van der Waals surface area contributed by atoms with Crippen LogP contribution >= 0.6 is 11.6 Å². The number of amides is 1. The van der Waals surface area contributed by atoms with Crippen LogP contribution in [0.1, 0.15) is 11.1 Å². The second-order valence-electron chi connectivity index (χ2n) is 6.33. The first-order valence-corrected chi connectivity index (χ1v) is 8.78. The van der Waals surface area contributed by atoms with Crippen molar-refractivity contribution in [2.75, 3.05) is 31.4 Å². The van der Waals surface area contributed by atoms with Gasteiger partial charge in [-0.15, -0.1) is 0 Å². The van der Waals surface area contributed by atoms with Gasteiger partial charge >= 0.3 is 0 Å². The smallest absolute Gasteiger partial charge is 0.293 e. The number of nitro benzene ring substituents is 1. The van der Waals surface area contributed by atoms with Crippen LogP contribution in [0.3, 0.4) is 0 Å². The SMILES string of the molecule is COc1cc(Cl)c(C)cc1NC(=O)/C(C#N)=C/c1ccc(N(C)C)c([N+](=O)[O-])c1. The number of carbonyl (C=O) groups excluding carboxylic acids is 1. The van der Waals surface area contributed by atoms with Gasteiger partial charge in [-0.3, -0.25) is 14.9 Å². The molecule has 2 aromatic rings. The molecule has 29 heavy (non-hydrogen) atoms. The monoisotopic (exact) mass is 414 g/mol. The first-order valence-electron chi connectivity index (χ1n) is 8.41. The molecule has 0 radical (unpaired) electrons. The van der Waals surface area contributed by atoms with Crippen LogP contribution < -0.4 is 15.0 Å². The number of methoxy groups -OCH3 is 1. The summed E-state index contributed by atoms with van der Waals surface area (Å²) in [6.45, 7) is 1.77. The molecule has 0 atom stereocenters. The molecule has 0 bridgehead atoms. The average molecular weight is 415 g/mol. The van der Waals surface area contributed by atoms with Crippen molar-refractivity contribution >= 4 is 40.6 Å². The van der Waals surface area contributed by atoms with Crippen molar-refractivity contribution in [3.05, 3.63) is 62.2 Å². The maximum Gasteiger partial charge on any atom is 0.293 e. The lowest BCUT2D eigenvalue weighted by molar-refractivity contribution is -0.384. The summed E-state index contributed by atoms with van der Waals surface area (Å²) in [6, 6.07) is 9.48. The number of nitrogens with one attached hydrogen (secondary N) is 1. The number of nitriles is 1. The van der Waals surface area contributed by atoms with Crippen molar-refractivity contribution in [1.29, 1.82) is 5.26 Å². The maximum atomic E-state index is 12.6. The Balaban J connectivity index is 2.39. The Morgan fingerprint density at radius 2 is 2.03 bits per heavy atom. The van der Waals surface area contributed by atoms with Crippen molar-refractivity contribution in [1.82, 2.24) is 0 Å². The second-order valence-corrected chi connectivity index (χ2v) is 6.73. The highest BCUT2D eigenvalue weighted by molar-refractivity contribution is 6.31. The van der Waals surface area contributed by atoms with E-state index in [0.29, 0.717) is 27.7 Å². The number of halogens is 1. The molecule has 0 aliphatic carbocycles. The third kappa shape index (κ3) is 5.03. The number of ether oxygens (including phenoxy) is 1. The average Bonchev–Trinajstić information content (AvgIpc) is 2.68. The highest BCUT2D eigenvalue weighted by atomic mass is 35.5. The quantitative estimate of drug-likeness (QED) is 0.329. The van der Waals surface area contributed by atoms with Crippen molar-refractivity contribution in [2.45, 2.75) is 6.92 Å². The standard InChI is InChI=1S/C20H19ClN4O4/c1-12-7-16(19(29-4)10-15(12)21)23-20(26)14(11-22)8-13-5-6-17(24(2)3)18(9-13)25(27)28/h5-10H,1-4H3,(H,23,26)/b14-8+. The zero-order valence-electron chi connectivity index (χ0n) is 16.3. The molecule has 2 aromatic carbocycles. The van der Waals surface area contributed by atoms with Gasteiger partial charge in [-0.05, 0) is 36.3 Å². The molecule has 0 heterocycles. The van der Waals surface area contributed by atoms with Crippen LogP contribution in [0.4, 0.5) is 17.1 Å². The Morgan fingerprint density at radius 3 is 2.59 bits per heavy atom. The largest absolute Gasteiger partial charge is 0.495 e. The topological polar surface area (TPSA) is 108 Å². The van der Waals surface area contributed by atoms with Gasteiger partial charge in [0.25, 0.3) is 11.6 Å². The summed E-state index contributed by atoms with van der Waals surface area (Å²) in [4.78, 5) is 25.0. The summed E-state index contributed by atoms with van der Waals surface area (Å²) in [7, 11) is 4.81. The van der Waals surface area contributed by atoms with Gasteiger partial charge in [-0.1, -0.05) is 17.7 Å². The normalized spacial score (nSPS) is 10.8. The van der Waals surface area contributed by atoms with Crippen LogP contribution in [0.5, 0.6) is 5.75 Å². The molecule has 150 valence electrons. The van der Waals surface area contributed by atoms with Crippen LogP contribution in [-0.4, -0.2) is 32.0 Å². The fourth-order valence-electron chi connectivity index (χ4n) is 2.59. The van der Waals surface area contributed by atoms with E-state index in [1.807, 2.05) is 6.07 Å². The number of hydrogen-bond donors (Lipinski definition) is 1. The van der Waals surface area contributed by atoms with Crippen LogP contribution in [0.2, 0.25) is 5.02 Å². The molecule has 0 fully saturated rings. The van der Waals surface area contributed by atoms with Crippen LogP contribution in [-0.2, 0) is 4.79 Å².